The zero-order valence-corrected chi connectivity index (χ0v) is 12.9. The van der Waals surface area contributed by atoms with Crippen LogP contribution in [0, 0.1) is 10.1 Å². The van der Waals surface area contributed by atoms with Crippen LogP contribution in [-0.2, 0) is 6.54 Å². The van der Waals surface area contributed by atoms with Gasteiger partial charge < -0.3 is 5.32 Å². The molecule has 0 aliphatic carbocycles. The summed E-state index contributed by atoms with van der Waals surface area (Å²) in [5, 5.41) is 14.1. The summed E-state index contributed by atoms with van der Waals surface area (Å²) in [6.07, 6.45) is 0. The fourth-order valence-corrected chi connectivity index (χ4v) is 2.41. The Morgan fingerprint density at radius 3 is 2.58 bits per heavy atom. The molecule has 6 heteroatoms. The average molecular weight is 386 g/mol. The molecule has 0 saturated heterocycles. The largest absolute Gasteiger partial charge is 0.375 e. The minimum Gasteiger partial charge on any atom is -0.375 e. The zero-order chi connectivity index (χ0) is 13.8. The van der Waals surface area contributed by atoms with E-state index in [4.69, 9.17) is 0 Å². The Bertz CT molecular complexity index is 617. The van der Waals surface area contributed by atoms with Crippen LogP contribution in [0.4, 0.5) is 11.4 Å². The number of nitro benzene ring substituents is 1. The predicted octanol–water partition coefficient (Wildman–Crippen LogP) is 4.73. The van der Waals surface area contributed by atoms with E-state index in [-0.39, 0.29) is 5.69 Å². The minimum atomic E-state index is -0.396. The molecule has 0 atom stereocenters. The number of hydrogen-bond acceptors (Lipinski definition) is 3. The molecule has 2 rings (SSSR count). The van der Waals surface area contributed by atoms with Crippen LogP contribution in [0.2, 0.25) is 0 Å². The minimum absolute atomic E-state index is 0.0569. The maximum absolute atomic E-state index is 11.0. The summed E-state index contributed by atoms with van der Waals surface area (Å²) in [4.78, 5) is 10.6. The first-order valence-corrected chi connectivity index (χ1v) is 7.08. The van der Waals surface area contributed by atoms with Gasteiger partial charge in [0.2, 0.25) is 0 Å². The number of anilines is 1. The van der Waals surface area contributed by atoms with Gasteiger partial charge in [-0.2, -0.15) is 0 Å². The van der Waals surface area contributed by atoms with Crippen molar-refractivity contribution in [2.24, 2.45) is 0 Å². The monoisotopic (exact) mass is 384 g/mol. The first kappa shape index (κ1) is 14.0. The Balaban J connectivity index is 2.20. The lowest BCUT2D eigenvalue weighted by Crippen LogP contribution is -2.03. The number of nitrogens with one attached hydrogen (secondary N) is 1. The molecular weight excluding hydrogens is 376 g/mol. The van der Waals surface area contributed by atoms with E-state index in [9.17, 15) is 10.1 Å². The Kier molecular flexibility index (Phi) is 4.55. The van der Waals surface area contributed by atoms with Gasteiger partial charge in [-0.05, 0) is 23.8 Å². The Labute approximate surface area is 127 Å². The van der Waals surface area contributed by atoms with Crippen molar-refractivity contribution in [2.45, 2.75) is 6.54 Å². The van der Waals surface area contributed by atoms with Gasteiger partial charge in [0, 0.05) is 21.6 Å². The number of hydrogen-bond donors (Lipinski definition) is 1. The number of benzene rings is 2. The van der Waals surface area contributed by atoms with Crippen molar-refractivity contribution >= 4 is 43.2 Å². The lowest BCUT2D eigenvalue weighted by Gasteiger charge is -2.08. The molecule has 98 valence electrons. The van der Waals surface area contributed by atoms with Crippen LogP contribution in [0.5, 0.6) is 0 Å². The molecule has 0 amide bonds. The second kappa shape index (κ2) is 6.16. The molecule has 4 nitrogen and oxygen atoms in total. The summed E-state index contributed by atoms with van der Waals surface area (Å²) in [5.41, 5.74) is 1.60. The molecule has 2 aromatic rings. The molecule has 0 radical (unpaired) electrons. The van der Waals surface area contributed by atoms with Crippen LogP contribution in [-0.4, -0.2) is 4.92 Å². The van der Waals surface area contributed by atoms with E-state index in [0.717, 1.165) is 10.0 Å². The maximum atomic E-state index is 11.0. The summed E-state index contributed by atoms with van der Waals surface area (Å²) < 4.78 is 1.66. The lowest BCUT2D eigenvalue weighted by atomic mass is 10.2. The summed E-state index contributed by atoms with van der Waals surface area (Å²) >= 11 is 6.68. The topological polar surface area (TPSA) is 55.2 Å². The summed E-state index contributed by atoms with van der Waals surface area (Å²) in [6.45, 7) is 0.518. The quantitative estimate of drug-likeness (QED) is 0.611. The van der Waals surface area contributed by atoms with Crippen LogP contribution < -0.4 is 5.32 Å². The molecule has 2 aromatic carbocycles. The van der Waals surface area contributed by atoms with Gasteiger partial charge in [0.1, 0.15) is 5.69 Å². The standard InChI is InChI=1S/C13H10Br2N2O2/c14-10-5-6-12(13(7-10)17(18)19)16-8-9-3-1-2-4-11(9)15/h1-7,16H,8H2. The number of nitrogens with zero attached hydrogens (tertiary/aromatic N) is 1. The molecule has 0 aromatic heterocycles. The van der Waals surface area contributed by atoms with Crippen LogP contribution in [0.25, 0.3) is 0 Å². The van der Waals surface area contributed by atoms with E-state index in [2.05, 4.69) is 37.2 Å². The van der Waals surface area contributed by atoms with Crippen molar-refractivity contribution in [2.75, 3.05) is 5.32 Å². The van der Waals surface area contributed by atoms with Crippen molar-refractivity contribution < 1.29 is 4.92 Å². The van der Waals surface area contributed by atoms with Gasteiger partial charge >= 0.3 is 0 Å². The van der Waals surface area contributed by atoms with E-state index in [1.54, 1.807) is 12.1 Å². The Morgan fingerprint density at radius 1 is 1.16 bits per heavy atom. The van der Waals surface area contributed by atoms with Gasteiger partial charge in [-0.15, -0.1) is 0 Å². The molecule has 0 fully saturated rings. The van der Waals surface area contributed by atoms with Crippen LogP contribution in [0.15, 0.2) is 51.4 Å². The molecule has 0 heterocycles. The second-order valence-corrected chi connectivity index (χ2v) is 5.63. The van der Waals surface area contributed by atoms with Gasteiger partial charge in [0.15, 0.2) is 0 Å². The van der Waals surface area contributed by atoms with Crippen molar-refractivity contribution in [1.82, 2.24) is 0 Å². The van der Waals surface area contributed by atoms with Gasteiger partial charge in [-0.25, -0.2) is 0 Å². The lowest BCUT2D eigenvalue weighted by molar-refractivity contribution is -0.384. The molecule has 0 saturated carbocycles. The molecule has 0 unspecified atom stereocenters. The van der Waals surface area contributed by atoms with Gasteiger partial charge in [-0.3, -0.25) is 10.1 Å². The first-order chi connectivity index (χ1) is 9.08. The Hall–Kier alpha value is -1.40. The fourth-order valence-electron chi connectivity index (χ4n) is 1.64. The third-order valence-electron chi connectivity index (χ3n) is 2.58. The molecule has 0 spiro atoms. The summed E-state index contributed by atoms with van der Waals surface area (Å²) in [5.74, 6) is 0. The zero-order valence-electron chi connectivity index (χ0n) is 9.77. The SMILES string of the molecule is O=[N+]([O-])c1cc(Br)ccc1NCc1ccccc1Br. The van der Waals surface area contributed by atoms with E-state index >= 15 is 0 Å². The highest BCUT2D eigenvalue weighted by Crippen LogP contribution is 2.28. The third-order valence-corrected chi connectivity index (χ3v) is 3.85. The highest BCUT2D eigenvalue weighted by molar-refractivity contribution is 9.10. The highest BCUT2D eigenvalue weighted by Gasteiger charge is 2.13. The highest BCUT2D eigenvalue weighted by atomic mass is 79.9. The number of rotatable bonds is 4. The summed E-state index contributed by atoms with van der Waals surface area (Å²) in [7, 11) is 0. The van der Waals surface area contributed by atoms with E-state index in [1.165, 1.54) is 6.07 Å². The first-order valence-electron chi connectivity index (χ1n) is 5.49. The number of nitro groups is 1. The molecular formula is C13H10Br2N2O2. The molecule has 1 N–H and O–H groups in total. The molecule has 0 aliphatic rings. The molecule has 0 aliphatic heterocycles. The van der Waals surface area contributed by atoms with E-state index in [1.807, 2.05) is 24.3 Å². The smallest absolute Gasteiger partial charge is 0.293 e. The van der Waals surface area contributed by atoms with Gasteiger partial charge in [-0.1, -0.05) is 50.1 Å². The van der Waals surface area contributed by atoms with E-state index < -0.39 is 4.92 Å². The Morgan fingerprint density at radius 2 is 1.89 bits per heavy atom. The maximum Gasteiger partial charge on any atom is 0.293 e. The van der Waals surface area contributed by atoms with Crippen LogP contribution in [0.1, 0.15) is 5.56 Å². The average Bonchev–Trinajstić information content (AvgIpc) is 2.38. The predicted molar refractivity (Wildman–Crippen MR) is 82.3 cm³/mol. The molecule has 19 heavy (non-hydrogen) atoms. The third kappa shape index (κ3) is 3.54. The molecule has 0 bridgehead atoms. The van der Waals surface area contributed by atoms with Crippen molar-refractivity contribution in [3.05, 3.63) is 67.1 Å². The number of halogens is 2. The normalized spacial score (nSPS) is 10.2. The van der Waals surface area contributed by atoms with Crippen molar-refractivity contribution in [3.63, 3.8) is 0 Å². The van der Waals surface area contributed by atoms with Crippen LogP contribution in [0.3, 0.4) is 0 Å². The second-order valence-electron chi connectivity index (χ2n) is 3.86. The fraction of sp³-hybridized carbons (Fsp3) is 0.0769. The van der Waals surface area contributed by atoms with Gasteiger partial charge in [0.25, 0.3) is 5.69 Å². The van der Waals surface area contributed by atoms with Crippen LogP contribution >= 0.6 is 31.9 Å². The van der Waals surface area contributed by atoms with Crippen molar-refractivity contribution in [3.8, 4) is 0 Å². The van der Waals surface area contributed by atoms with Gasteiger partial charge in [0.05, 0.1) is 4.92 Å². The summed E-state index contributed by atoms with van der Waals surface area (Å²) in [6, 6.07) is 12.7. The van der Waals surface area contributed by atoms with E-state index in [0.29, 0.717) is 16.7 Å². The van der Waals surface area contributed by atoms with Crippen molar-refractivity contribution in [1.29, 1.82) is 0 Å².